The summed E-state index contributed by atoms with van der Waals surface area (Å²) < 4.78 is 0. The van der Waals surface area contributed by atoms with Gasteiger partial charge in [0.25, 0.3) is 0 Å². The molecule has 0 aromatic heterocycles. The van der Waals surface area contributed by atoms with E-state index in [0.717, 1.165) is 6.54 Å². The van der Waals surface area contributed by atoms with Gasteiger partial charge in [-0.1, -0.05) is 17.7 Å². The zero-order chi connectivity index (χ0) is 12.3. The predicted molar refractivity (Wildman–Crippen MR) is 74.4 cm³/mol. The zero-order valence-corrected chi connectivity index (χ0v) is 11.0. The Hall–Kier alpha value is -1.02. The molecule has 2 heteroatoms. The van der Waals surface area contributed by atoms with Crippen LogP contribution in [0.2, 0.25) is 0 Å². The molecule has 2 rings (SSSR count). The van der Waals surface area contributed by atoms with Gasteiger partial charge in [0.15, 0.2) is 0 Å². The van der Waals surface area contributed by atoms with Gasteiger partial charge in [-0.05, 0) is 51.7 Å². The molecule has 1 aliphatic rings. The summed E-state index contributed by atoms with van der Waals surface area (Å²) in [6, 6.07) is 10.0. The number of nitrogens with two attached hydrogens (primary N) is 1. The summed E-state index contributed by atoms with van der Waals surface area (Å²) in [5, 5.41) is 0. The molecule has 1 fully saturated rings. The summed E-state index contributed by atoms with van der Waals surface area (Å²) in [5.41, 5.74) is 8.67. The van der Waals surface area contributed by atoms with Crippen LogP contribution in [0, 0.1) is 6.92 Å². The first-order chi connectivity index (χ1) is 8.20. The predicted octanol–water partition coefficient (Wildman–Crippen LogP) is 3.09. The number of aryl methyl sites for hydroxylation is 1. The van der Waals surface area contributed by atoms with E-state index < -0.39 is 0 Å². The van der Waals surface area contributed by atoms with Crippen molar-refractivity contribution in [2.24, 2.45) is 5.73 Å². The van der Waals surface area contributed by atoms with E-state index in [0.29, 0.717) is 12.1 Å². The highest BCUT2D eigenvalue weighted by molar-refractivity contribution is 5.48. The van der Waals surface area contributed by atoms with E-state index in [1.165, 1.54) is 36.9 Å². The van der Waals surface area contributed by atoms with Crippen LogP contribution in [0.4, 0.5) is 5.69 Å². The van der Waals surface area contributed by atoms with E-state index in [-0.39, 0.29) is 0 Å². The average molecular weight is 232 g/mol. The SMILES string of the molecule is CCN(c1ccc(C)cc1)C1CCC(N)CC1. The molecule has 0 heterocycles. The van der Waals surface area contributed by atoms with Crippen LogP contribution >= 0.6 is 0 Å². The molecule has 0 unspecified atom stereocenters. The molecule has 1 aliphatic carbocycles. The quantitative estimate of drug-likeness (QED) is 0.867. The Labute approximate surface area is 105 Å². The lowest BCUT2D eigenvalue weighted by Gasteiger charge is -2.37. The van der Waals surface area contributed by atoms with E-state index in [1.54, 1.807) is 0 Å². The molecule has 2 nitrogen and oxygen atoms in total. The highest BCUT2D eigenvalue weighted by Gasteiger charge is 2.23. The van der Waals surface area contributed by atoms with Gasteiger partial charge in [0.05, 0.1) is 0 Å². The summed E-state index contributed by atoms with van der Waals surface area (Å²) in [5.74, 6) is 0. The lowest BCUT2D eigenvalue weighted by atomic mass is 9.90. The van der Waals surface area contributed by atoms with Gasteiger partial charge in [-0.3, -0.25) is 0 Å². The Kier molecular flexibility index (Phi) is 4.06. The van der Waals surface area contributed by atoms with E-state index in [2.05, 4.69) is 43.0 Å². The van der Waals surface area contributed by atoms with Crippen LogP contribution in [0.5, 0.6) is 0 Å². The van der Waals surface area contributed by atoms with Gasteiger partial charge in [0.1, 0.15) is 0 Å². The maximum Gasteiger partial charge on any atom is 0.0368 e. The van der Waals surface area contributed by atoms with Crippen molar-refractivity contribution < 1.29 is 0 Å². The van der Waals surface area contributed by atoms with Crippen molar-refractivity contribution in [3.63, 3.8) is 0 Å². The number of benzene rings is 1. The molecule has 0 spiro atoms. The van der Waals surface area contributed by atoms with Crippen molar-refractivity contribution in [3.8, 4) is 0 Å². The fourth-order valence-electron chi connectivity index (χ4n) is 2.80. The number of rotatable bonds is 3. The van der Waals surface area contributed by atoms with Crippen LogP contribution in [-0.4, -0.2) is 18.6 Å². The second kappa shape index (κ2) is 5.54. The van der Waals surface area contributed by atoms with Crippen molar-refractivity contribution >= 4 is 5.69 Å². The van der Waals surface area contributed by atoms with Gasteiger partial charge in [-0.25, -0.2) is 0 Å². The second-order valence-electron chi connectivity index (χ2n) is 5.19. The minimum Gasteiger partial charge on any atom is -0.369 e. The van der Waals surface area contributed by atoms with Crippen molar-refractivity contribution in [2.45, 2.75) is 51.6 Å². The molecule has 0 amide bonds. The Morgan fingerprint density at radius 1 is 1.12 bits per heavy atom. The molecule has 94 valence electrons. The van der Waals surface area contributed by atoms with Crippen LogP contribution < -0.4 is 10.6 Å². The largest absolute Gasteiger partial charge is 0.369 e. The fourth-order valence-corrected chi connectivity index (χ4v) is 2.80. The topological polar surface area (TPSA) is 29.3 Å². The maximum atomic E-state index is 5.98. The van der Waals surface area contributed by atoms with Crippen LogP contribution in [0.15, 0.2) is 24.3 Å². The third kappa shape index (κ3) is 3.01. The maximum absolute atomic E-state index is 5.98. The molecule has 0 bridgehead atoms. The highest BCUT2D eigenvalue weighted by Crippen LogP contribution is 2.26. The minimum absolute atomic E-state index is 0.433. The van der Waals surface area contributed by atoms with Gasteiger partial charge in [-0.15, -0.1) is 0 Å². The number of hydrogen-bond donors (Lipinski definition) is 1. The second-order valence-corrected chi connectivity index (χ2v) is 5.19. The number of nitrogens with zero attached hydrogens (tertiary/aromatic N) is 1. The first-order valence-electron chi connectivity index (χ1n) is 6.79. The van der Waals surface area contributed by atoms with Gasteiger partial charge < -0.3 is 10.6 Å². The first kappa shape index (κ1) is 12.4. The van der Waals surface area contributed by atoms with Crippen molar-refractivity contribution in [1.29, 1.82) is 0 Å². The molecule has 0 aliphatic heterocycles. The van der Waals surface area contributed by atoms with Crippen LogP contribution in [-0.2, 0) is 0 Å². The number of hydrogen-bond acceptors (Lipinski definition) is 2. The van der Waals surface area contributed by atoms with Gasteiger partial charge >= 0.3 is 0 Å². The van der Waals surface area contributed by atoms with Crippen molar-refractivity contribution in [3.05, 3.63) is 29.8 Å². The summed E-state index contributed by atoms with van der Waals surface area (Å²) >= 11 is 0. The molecule has 2 N–H and O–H groups in total. The Morgan fingerprint density at radius 3 is 2.24 bits per heavy atom. The molecular weight excluding hydrogens is 208 g/mol. The Balaban J connectivity index is 2.08. The fraction of sp³-hybridized carbons (Fsp3) is 0.600. The standard InChI is InChI=1S/C15H24N2/c1-3-17(14-8-4-12(2)5-9-14)15-10-6-13(16)7-11-15/h4-5,8-9,13,15H,3,6-7,10-11,16H2,1-2H3. The van der Waals surface area contributed by atoms with Crippen molar-refractivity contribution in [1.82, 2.24) is 0 Å². The van der Waals surface area contributed by atoms with Gasteiger partial charge in [0.2, 0.25) is 0 Å². The zero-order valence-electron chi connectivity index (χ0n) is 11.0. The molecule has 0 radical (unpaired) electrons. The summed E-state index contributed by atoms with van der Waals surface area (Å²) in [4.78, 5) is 2.53. The summed E-state index contributed by atoms with van der Waals surface area (Å²) in [6.07, 6.45) is 4.83. The monoisotopic (exact) mass is 232 g/mol. The van der Waals surface area contributed by atoms with Crippen LogP contribution in [0.25, 0.3) is 0 Å². The van der Waals surface area contributed by atoms with E-state index in [1.807, 2.05) is 0 Å². The molecule has 1 aromatic rings. The minimum atomic E-state index is 0.433. The van der Waals surface area contributed by atoms with E-state index in [9.17, 15) is 0 Å². The molecule has 17 heavy (non-hydrogen) atoms. The molecule has 1 saturated carbocycles. The van der Waals surface area contributed by atoms with Gasteiger partial charge in [-0.2, -0.15) is 0 Å². The van der Waals surface area contributed by atoms with E-state index >= 15 is 0 Å². The third-order valence-corrected chi connectivity index (χ3v) is 3.89. The Morgan fingerprint density at radius 2 is 1.71 bits per heavy atom. The third-order valence-electron chi connectivity index (χ3n) is 3.89. The van der Waals surface area contributed by atoms with Crippen LogP contribution in [0.3, 0.4) is 0 Å². The molecular formula is C15H24N2. The average Bonchev–Trinajstić information content (AvgIpc) is 2.35. The van der Waals surface area contributed by atoms with E-state index in [4.69, 9.17) is 5.73 Å². The highest BCUT2D eigenvalue weighted by atomic mass is 15.2. The Bertz CT molecular complexity index is 336. The normalized spacial score (nSPS) is 24.6. The molecule has 1 aromatic carbocycles. The van der Waals surface area contributed by atoms with Crippen LogP contribution in [0.1, 0.15) is 38.2 Å². The molecule has 0 atom stereocenters. The lowest BCUT2D eigenvalue weighted by molar-refractivity contribution is 0.378. The number of anilines is 1. The van der Waals surface area contributed by atoms with Crippen molar-refractivity contribution in [2.75, 3.05) is 11.4 Å². The smallest absolute Gasteiger partial charge is 0.0368 e. The van der Waals surface area contributed by atoms with Gasteiger partial charge in [0, 0.05) is 24.3 Å². The first-order valence-corrected chi connectivity index (χ1v) is 6.79. The summed E-state index contributed by atoms with van der Waals surface area (Å²) in [7, 11) is 0. The molecule has 0 saturated heterocycles. The summed E-state index contributed by atoms with van der Waals surface area (Å²) in [6.45, 7) is 5.47. The lowest BCUT2D eigenvalue weighted by Crippen LogP contribution is -2.40.